The van der Waals surface area contributed by atoms with Gasteiger partial charge in [0.25, 0.3) is 0 Å². The van der Waals surface area contributed by atoms with Crippen LogP contribution in [-0.2, 0) is 9.59 Å². The van der Waals surface area contributed by atoms with Gasteiger partial charge in [-0.05, 0) is 47.1 Å². The molecule has 1 heterocycles. The van der Waals surface area contributed by atoms with Crippen molar-refractivity contribution in [3.05, 3.63) is 0 Å². The number of hydrogen-bond donors (Lipinski definition) is 1. The van der Waals surface area contributed by atoms with E-state index in [2.05, 4.69) is 33.0 Å². The van der Waals surface area contributed by atoms with Gasteiger partial charge in [-0.2, -0.15) is 0 Å². The Balaban J connectivity index is 2.50. The fraction of sp³-hybridized carbons (Fsp3) is 0.867. The molecule has 0 aromatic carbocycles. The monoisotopic (exact) mass is 283 g/mol. The number of hydrogen-bond acceptors (Lipinski definition) is 3. The second-order valence-corrected chi connectivity index (χ2v) is 7.08. The molecule has 1 fully saturated rings. The lowest BCUT2D eigenvalue weighted by atomic mass is 10.1. The number of carbonyl (C=O) groups excluding carboxylic acids is 2. The highest BCUT2D eigenvalue weighted by Gasteiger charge is 2.34. The Labute approximate surface area is 122 Å². The van der Waals surface area contributed by atoms with E-state index in [1.54, 1.807) is 9.80 Å². The lowest BCUT2D eigenvalue weighted by Gasteiger charge is -2.37. The molecule has 1 atom stereocenters. The first kappa shape index (κ1) is 17.0. The van der Waals surface area contributed by atoms with Crippen LogP contribution >= 0.6 is 0 Å². The largest absolute Gasteiger partial charge is 0.332 e. The van der Waals surface area contributed by atoms with Crippen LogP contribution in [0.2, 0.25) is 0 Å². The van der Waals surface area contributed by atoms with Crippen molar-refractivity contribution >= 4 is 11.8 Å². The van der Waals surface area contributed by atoms with Crippen LogP contribution in [-0.4, -0.2) is 59.4 Å². The summed E-state index contributed by atoms with van der Waals surface area (Å²) in [5.41, 5.74) is 0.0738. The van der Waals surface area contributed by atoms with Crippen molar-refractivity contribution in [2.24, 2.45) is 5.92 Å². The smallest absolute Gasteiger partial charge is 0.312 e. The van der Waals surface area contributed by atoms with Crippen LogP contribution in [0.1, 0.15) is 41.5 Å². The molecule has 116 valence electrons. The van der Waals surface area contributed by atoms with Crippen LogP contribution in [0.5, 0.6) is 0 Å². The molecule has 0 aromatic rings. The molecule has 0 aromatic heterocycles. The molecule has 2 amide bonds. The number of carbonyl (C=O) groups is 2. The normalized spacial score (nSPS) is 18.9. The van der Waals surface area contributed by atoms with Gasteiger partial charge in [0.1, 0.15) is 0 Å². The van der Waals surface area contributed by atoms with Crippen molar-refractivity contribution in [2.45, 2.75) is 53.1 Å². The number of rotatable bonds is 5. The molecule has 1 rings (SSSR count). The van der Waals surface area contributed by atoms with Gasteiger partial charge in [0.05, 0.1) is 0 Å². The van der Waals surface area contributed by atoms with Crippen molar-refractivity contribution < 1.29 is 9.59 Å². The minimum Gasteiger partial charge on any atom is -0.332 e. The third-order valence-electron chi connectivity index (χ3n) is 3.48. The van der Waals surface area contributed by atoms with Gasteiger partial charge < -0.3 is 15.1 Å². The topological polar surface area (TPSA) is 52.6 Å². The maximum absolute atomic E-state index is 12.1. The summed E-state index contributed by atoms with van der Waals surface area (Å²) in [6, 6.07) is 0.0913. The first-order valence-corrected chi connectivity index (χ1v) is 7.46. The van der Waals surface area contributed by atoms with Crippen LogP contribution < -0.4 is 5.32 Å². The van der Waals surface area contributed by atoms with Gasteiger partial charge in [0.15, 0.2) is 0 Å². The Bertz CT molecular complexity index is 361. The molecule has 1 aliphatic rings. The standard InChI is InChI=1S/C15H29N3O2/c1-11(2)18-8-7-17(13(19)14(18)20)10-12(3)9-16-15(4,5)6/h11-12,16H,7-10H2,1-6H3. The maximum atomic E-state index is 12.1. The highest BCUT2D eigenvalue weighted by atomic mass is 16.2. The molecule has 0 bridgehead atoms. The molecule has 5 nitrogen and oxygen atoms in total. The van der Waals surface area contributed by atoms with Crippen molar-refractivity contribution in [1.29, 1.82) is 0 Å². The average molecular weight is 283 g/mol. The molecule has 1 N–H and O–H groups in total. The summed E-state index contributed by atoms with van der Waals surface area (Å²) in [4.78, 5) is 27.4. The molecular formula is C15H29N3O2. The number of nitrogens with one attached hydrogen (secondary N) is 1. The zero-order valence-electron chi connectivity index (χ0n) is 13.7. The number of amides is 2. The van der Waals surface area contributed by atoms with Gasteiger partial charge in [-0.25, -0.2) is 0 Å². The van der Waals surface area contributed by atoms with E-state index in [-0.39, 0.29) is 23.4 Å². The summed E-state index contributed by atoms with van der Waals surface area (Å²) in [5, 5.41) is 3.43. The summed E-state index contributed by atoms with van der Waals surface area (Å²) in [7, 11) is 0. The van der Waals surface area contributed by atoms with Crippen LogP contribution in [0.15, 0.2) is 0 Å². The van der Waals surface area contributed by atoms with Gasteiger partial charge in [-0.3, -0.25) is 9.59 Å². The highest BCUT2D eigenvalue weighted by molar-refractivity contribution is 6.35. The van der Waals surface area contributed by atoms with Crippen LogP contribution in [0.25, 0.3) is 0 Å². The summed E-state index contributed by atoms with van der Waals surface area (Å²) in [6.45, 7) is 15.1. The van der Waals surface area contributed by atoms with E-state index in [1.807, 2.05) is 13.8 Å². The SMILES string of the molecule is CC(CNC(C)(C)C)CN1CCN(C(C)C)C(=O)C1=O. The first-order chi connectivity index (χ1) is 9.11. The first-order valence-electron chi connectivity index (χ1n) is 7.46. The van der Waals surface area contributed by atoms with Gasteiger partial charge >= 0.3 is 11.8 Å². The van der Waals surface area contributed by atoms with Gasteiger partial charge in [-0.15, -0.1) is 0 Å². The second-order valence-electron chi connectivity index (χ2n) is 7.08. The fourth-order valence-electron chi connectivity index (χ4n) is 2.28. The summed E-state index contributed by atoms with van der Waals surface area (Å²) in [5.74, 6) is -0.383. The van der Waals surface area contributed by atoms with E-state index in [9.17, 15) is 9.59 Å². The summed E-state index contributed by atoms with van der Waals surface area (Å²) < 4.78 is 0. The van der Waals surface area contributed by atoms with Crippen molar-refractivity contribution in [3.8, 4) is 0 Å². The lowest BCUT2D eigenvalue weighted by Crippen LogP contribution is -2.57. The third kappa shape index (κ3) is 4.78. The van der Waals surface area contributed by atoms with E-state index < -0.39 is 0 Å². The van der Waals surface area contributed by atoms with Gasteiger partial charge in [-0.1, -0.05) is 6.92 Å². The van der Waals surface area contributed by atoms with Crippen LogP contribution in [0.4, 0.5) is 0 Å². The molecule has 1 unspecified atom stereocenters. The van der Waals surface area contributed by atoms with Crippen molar-refractivity contribution in [2.75, 3.05) is 26.2 Å². The van der Waals surface area contributed by atoms with Crippen molar-refractivity contribution in [3.63, 3.8) is 0 Å². The Kier molecular flexibility index (Phi) is 5.57. The van der Waals surface area contributed by atoms with E-state index in [1.165, 1.54) is 0 Å². The predicted molar refractivity (Wildman–Crippen MR) is 80.3 cm³/mol. The predicted octanol–water partition coefficient (Wildman–Crippen LogP) is 1.09. The van der Waals surface area contributed by atoms with Gasteiger partial charge in [0, 0.05) is 31.2 Å². The zero-order valence-corrected chi connectivity index (χ0v) is 13.7. The Morgan fingerprint density at radius 2 is 1.70 bits per heavy atom. The molecule has 0 radical (unpaired) electrons. The van der Waals surface area contributed by atoms with Crippen LogP contribution in [0.3, 0.4) is 0 Å². The second kappa shape index (κ2) is 6.57. The summed E-state index contributed by atoms with van der Waals surface area (Å²) in [6.07, 6.45) is 0. The molecule has 0 spiro atoms. The highest BCUT2D eigenvalue weighted by Crippen LogP contribution is 2.11. The van der Waals surface area contributed by atoms with E-state index in [0.717, 1.165) is 6.54 Å². The molecular weight excluding hydrogens is 254 g/mol. The van der Waals surface area contributed by atoms with E-state index in [4.69, 9.17) is 0 Å². The Morgan fingerprint density at radius 3 is 2.20 bits per heavy atom. The molecule has 0 aliphatic carbocycles. The quantitative estimate of drug-likeness (QED) is 0.769. The van der Waals surface area contributed by atoms with Gasteiger partial charge in [0.2, 0.25) is 0 Å². The maximum Gasteiger partial charge on any atom is 0.312 e. The fourth-order valence-corrected chi connectivity index (χ4v) is 2.28. The minimum absolute atomic E-state index is 0.0738. The molecule has 1 aliphatic heterocycles. The molecule has 20 heavy (non-hydrogen) atoms. The lowest BCUT2D eigenvalue weighted by molar-refractivity contribution is -0.157. The molecule has 0 saturated carbocycles. The van der Waals surface area contributed by atoms with Crippen molar-refractivity contribution in [1.82, 2.24) is 15.1 Å². The average Bonchev–Trinajstić information content (AvgIpc) is 2.31. The third-order valence-corrected chi connectivity index (χ3v) is 3.48. The minimum atomic E-state index is -0.359. The summed E-state index contributed by atoms with van der Waals surface area (Å²) >= 11 is 0. The van der Waals surface area contributed by atoms with E-state index in [0.29, 0.717) is 25.6 Å². The number of nitrogens with zero attached hydrogens (tertiary/aromatic N) is 2. The zero-order chi connectivity index (χ0) is 15.5. The Hall–Kier alpha value is -1.10. The number of piperazine rings is 1. The molecule has 1 saturated heterocycles. The molecule has 5 heteroatoms. The Morgan fingerprint density at radius 1 is 1.10 bits per heavy atom. The van der Waals surface area contributed by atoms with E-state index >= 15 is 0 Å². The van der Waals surface area contributed by atoms with Crippen LogP contribution in [0, 0.1) is 5.92 Å².